The molecule has 106 valence electrons. The molecule has 0 saturated heterocycles. The lowest BCUT2D eigenvalue weighted by Gasteiger charge is -2.21. The highest BCUT2D eigenvalue weighted by Gasteiger charge is 2.14. The molecule has 0 aliphatic heterocycles. The molecular formula is C16H25NOS. The second-order valence-electron chi connectivity index (χ2n) is 5.47. The largest absolute Gasteiger partial charge is 0.393 e. The molecule has 2 N–H and O–H groups in total. The molecule has 2 nitrogen and oxygen atoms in total. The zero-order chi connectivity index (χ0) is 13.5. The van der Waals surface area contributed by atoms with E-state index in [1.54, 1.807) is 0 Å². The number of aliphatic hydroxyl groups is 1. The quantitative estimate of drug-likeness (QED) is 0.814. The minimum Gasteiger partial charge on any atom is -0.393 e. The van der Waals surface area contributed by atoms with Gasteiger partial charge in [-0.1, -0.05) is 25.3 Å². The van der Waals surface area contributed by atoms with Gasteiger partial charge in [-0.05, 0) is 44.4 Å². The first-order valence-electron chi connectivity index (χ1n) is 7.43. The first-order chi connectivity index (χ1) is 9.24. The van der Waals surface area contributed by atoms with Gasteiger partial charge in [-0.3, -0.25) is 0 Å². The number of nitrogens with one attached hydrogen (secondary N) is 1. The van der Waals surface area contributed by atoms with Crippen LogP contribution in [0.4, 0.5) is 5.69 Å². The lowest BCUT2D eigenvalue weighted by atomic mass is 10.0. The molecule has 1 aliphatic rings. The van der Waals surface area contributed by atoms with Crippen molar-refractivity contribution in [1.29, 1.82) is 0 Å². The second kappa shape index (κ2) is 7.81. The third-order valence-electron chi connectivity index (χ3n) is 3.58. The summed E-state index contributed by atoms with van der Waals surface area (Å²) in [5, 5.41) is 13.4. The SMILES string of the molecule is CC(O)CCNc1cccc(SC2CCCCC2)c1. The van der Waals surface area contributed by atoms with Crippen LogP contribution in [-0.4, -0.2) is 23.0 Å². The number of thioether (sulfide) groups is 1. The smallest absolute Gasteiger partial charge is 0.0528 e. The standard InChI is InChI=1S/C16H25NOS/c1-13(18)10-11-17-14-6-5-9-16(12-14)19-15-7-3-2-4-8-15/h5-6,9,12-13,15,17-18H,2-4,7-8,10-11H2,1H3. The van der Waals surface area contributed by atoms with Crippen LogP contribution in [0.5, 0.6) is 0 Å². The van der Waals surface area contributed by atoms with Crippen LogP contribution in [0.15, 0.2) is 29.2 Å². The Kier molecular flexibility index (Phi) is 6.05. The maximum absolute atomic E-state index is 9.26. The molecule has 1 saturated carbocycles. The Morgan fingerprint density at radius 1 is 1.32 bits per heavy atom. The summed E-state index contributed by atoms with van der Waals surface area (Å²) in [7, 11) is 0. The van der Waals surface area contributed by atoms with Crippen LogP contribution in [0.2, 0.25) is 0 Å². The molecule has 3 heteroatoms. The molecule has 0 bridgehead atoms. The van der Waals surface area contributed by atoms with E-state index < -0.39 is 0 Å². The van der Waals surface area contributed by atoms with Gasteiger partial charge in [0.2, 0.25) is 0 Å². The third kappa shape index (κ3) is 5.45. The predicted molar refractivity (Wildman–Crippen MR) is 84.0 cm³/mol. The average molecular weight is 279 g/mol. The molecule has 2 rings (SSSR count). The minimum absolute atomic E-state index is 0.229. The number of benzene rings is 1. The predicted octanol–water partition coefficient (Wildman–Crippen LogP) is 4.29. The van der Waals surface area contributed by atoms with Gasteiger partial charge < -0.3 is 10.4 Å². The normalized spacial score (nSPS) is 18.2. The van der Waals surface area contributed by atoms with Gasteiger partial charge in [-0.2, -0.15) is 0 Å². The second-order valence-corrected chi connectivity index (χ2v) is 6.84. The number of aliphatic hydroxyl groups excluding tert-OH is 1. The summed E-state index contributed by atoms with van der Waals surface area (Å²) in [6.45, 7) is 2.66. The molecule has 0 radical (unpaired) electrons. The highest BCUT2D eigenvalue weighted by molar-refractivity contribution is 8.00. The van der Waals surface area contributed by atoms with Gasteiger partial charge in [0.15, 0.2) is 0 Å². The zero-order valence-electron chi connectivity index (χ0n) is 11.8. The molecule has 1 atom stereocenters. The van der Waals surface area contributed by atoms with Gasteiger partial charge in [0.1, 0.15) is 0 Å². The summed E-state index contributed by atoms with van der Waals surface area (Å²) in [4.78, 5) is 1.37. The van der Waals surface area contributed by atoms with E-state index in [2.05, 4.69) is 29.6 Å². The number of rotatable bonds is 6. The Bertz CT molecular complexity index is 375. The Labute approximate surface area is 121 Å². The summed E-state index contributed by atoms with van der Waals surface area (Å²) in [6, 6.07) is 8.67. The van der Waals surface area contributed by atoms with Crippen molar-refractivity contribution < 1.29 is 5.11 Å². The Morgan fingerprint density at radius 2 is 2.11 bits per heavy atom. The lowest BCUT2D eigenvalue weighted by Crippen LogP contribution is -2.10. The van der Waals surface area contributed by atoms with Gasteiger partial charge in [-0.25, -0.2) is 0 Å². The summed E-state index contributed by atoms with van der Waals surface area (Å²) in [5.41, 5.74) is 1.17. The van der Waals surface area contributed by atoms with Crippen molar-refractivity contribution in [2.75, 3.05) is 11.9 Å². The molecule has 0 heterocycles. The van der Waals surface area contributed by atoms with Crippen molar-refractivity contribution in [3.05, 3.63) is 24.3 Å². The molecule has 0 spiro atoms. The molecule has 1 unspecified atom stereocenters. The van der Waals surface area contributed by atoms with Crippen molar-refractivity contribution in [3.8, 4) is 0 Å². The fourth-order valence-electron chi connectivity index (χ4n) is 2.48. The topological polar surface area (TPSA) is 32.3 Å². The third-order valence-corrected chi connectivity index (χ3v) is 4.91. The number of hydrogen-bond donors (Lipinski definition) is 2. The van der Waals surface area contributed by atoms with Crippen LogP contribution in [0, 0.1) is 0 Å². The van der Waals surface area contributed by atoms with E-state index in [0.29, 0.717) is 0 Å². The van der Waals surface area contributed by atoms with Crippen LogP contribution in [0.1, 0.15) is 45.4 Å². The fourth-order valence-corrected chi connectivity index (χ4v) is 3.79. The monoisotopic (exact) mass is 279 g/mol. The van der Waals surface area contributed by atoms with Crippen LogP contribution in [0.3, 0.4) is 0 Å². The summed E-state index contributed by atoms with van der Waals surface area (Å²) < 4.78 is 0. The zero-order valence-corrected chi connectivity index (χ0v) is 12.6. The molecule has 19 heavy (non-hydrogen) atoms. The molecule has 0 aromatic heterocycles. The van der Waals surface area contributed by atoms with E-state index in [0.717, 1.165) is 18.2 Å². The van der Waals surface area contributed by atoms with Gasteiger partial charge in [-0.15, -0.1) is 11.8 Å². The van der Waals surface area contributed by atoms with Crippen LogP contribution >= 0.6 is 11.8 Å². The highest BCUT2D eigenvalue weighted by Crippen LogP contribution is 2.34. The minimum atomic E-state index is -0.229. The van der Waals surface area contributed by atoms with Crippen molar-refractivity contribution >= 4 is 17.4 Å². The molecular weight excluding hydrogens is 254 g/mol. The van der Waals surface area contributed by atoms with Crippen LogP contribution in [0.25, 0.3) is 0 Å². The fraction of sp³-hybridized carbons (Fsp3) is 0.625. The molecule has 0 amide bonds. The van der Waals surface area contributed by atoms with Crippen LogP contribution in [-0.2, 0) is 0 Å². The first kappa shape index (κ1) is 14.7. The van der Waals surface area contributed by atoms with Gasteiger partial charge in [0.25, 0.3) is 0 Å². The molecule has 1 fully saturated rings. The van der Waals surface area contributed by atoms with E-state index in [9.17, 15) is 5.11 Å². The maximum Gasteiger partial charge on any atom is 0.0528 e. The van der Waals surface area contributed by atoms with E-state index in [-0.39, 0.29) is 6.10 Å². The van der Waals surface area contributed by atoms with E-state index >= 15 is 0 Å². The first-order valence-corrected chi connectivity index (χ1v) is 8.30. The molecule has 1 aromatic rings. The summed E-state index contributed by atoms with van der Waals surface area (Å²) in [6.07, 6.45) is 7.49. The highest BCUT2D eigenvalue weighted by atomic mass is 32.2. The molecule has 1 aromatic carbocycles. The van der Waals surface area contributed by atoms with E-state index in [1.807, 2.05) is 18.7 Å². The van der Waals surface area contributed by atoms with Crippen molar-refractivity contribution in [2.45, 2.75) is 61.7 Å². The lowest BCUT2D eigenvalue weighted by molar-refractivity contribution is 0.189. The van der Waals surface area contributed by atoms with Crippen LogP contribution < -0.4 is 5.32 Å². The number of anilines is 1. The van der Waals surface area contributed by atoms with Gasteiger partial charge in [0, 0.05) is 22.4 Å². The van der Waals surface area contributed by atoms with Gasteiger partial charge in [0.05, 0.1) is 6.10 Å². The Balaban J connectivity index is 1.83. The van der Waals surface area contributed by atoms with E-state index in [1.165, 1.54) is 42.7 Å². The van der Waals surface area contributed by atoms with E-state index in [4.69, 9.17) is 0 Å². The maximum atomic E-state index is 9.26. The van der Waals surface area contributed by atoms with Crippen molar-refractivity contribution in [2.24, 2.45) is 0 Å². The summed E-state index contributed by atoms with van der Waals surface area (Å²) in [5.74, 6) is 0. The average Bonchev–Trinajstić information content (AvgIpc) is 2.40. The Hall–Kier alpha value is -0.670. The van der Waals surface area contributed by atoms with Crippen molar-refractivity contribution in [1.82, 2.24) is 0 Å². The Morgan fingerprint density at radius 3 is 2.84 bits per heavy atom. The summed E-state index contributed by atoms with van der Waals surface area (Å²) >= 11 is 2.03. The number of hydrogen-bond acceptors (Lipinski definition) is 3. The van der Waals surface area contributed by atoms with Crippen molar-refractivity contribution in [3.63, 3.8) is 0 Å². The van der Waals surface area contributed by atoms with Gasteiger partial charge >= 0.3 is 0 Å². The molecule has 1 aliphatic carbocycles.